The Hall–Kier alpha value is -2.80. The zero-order valence-electron chi connectivity index (χ0n) is 14.4. The van der Waals surface area contributed by atoms with Gasteiger partial charge in [0.05, 0.1) is 12.7 Å². The number of carbonyl (C=O) groups is 1. The summed E-state index contributed by atoms with van der Waals surface area (Å²) in [6.07, 6.45) is 4.64. The first-order valence-corrected chi connectivity index (χ1v) is 8.93. The Morgan fingerprint density at radius 1 is 1.26 bits per heavy atom. The molecule has 0 saturated carbocycles. The number of anilines is 1. The average Bonchev–Trinajstić information content (AvgIpc) is 2.97. The Morgan fingerprint density at radius 3 is 2.81 bits per heavy atom. The molecule has 1 heterocycles. The number of hydrogen-bond donors (Lipinski definition) is 1. The highest BCUT2D eigenvalue weighted by Crippen LogP contribution is 2.19. The van der Waals surface area contributed by atoms with Crippen molar-refractivity contribution in [3.63, 3.8) is 0 Å². The molecule has 7 heteroatoms. The molecule has 0 saturated heterocycles. The molecule has 1 amide bonds. The van der Waals surface area contributed by atoms with Gasteiger partial charge in [-0.2, -0.15) is 5.10 Å². The first-order valence-electron chi connectivity index (χ1n) is 8.14. The Labute approximate surface area is 163 Å². The molecule has 4 nitrogen and oxygen atoms in total. The number of rotatable bonds is 5. The van der Waals surface area contributed by atoms with Crippen molar-refractivity contribution in [2.75, 3.05) is 5.32 Å². The fourth-order valence-electron chi connectivity index (χ4n) is 2.52. The Balaban J connectivity index is 1.77. The SMILES string of the molecule is Cc1cnn(Cc2cc(F)ccc2F)c1NC(=O)/C=C/c1ccccc1Br. The van der Waals surface area contributed by atoms with Gasteiger partial charge in [-0.05, 0) is 42.8 Å². The monoisotopic (exact) mass is 431 g/mol. The number of hydrogen-bond acceptors (Lipinski definition) is 2. The molecule has 1 N–H and O–H groups in total. The van der Waals surface area contributed by atoms with E-state index in [-0.39, 0.29) is 18.0 Å². The van der Waals surface area contributed by atoms with E-state index in [9.17, 15) is 13.6 Å². The third kappa shape index (κ3) is 4.68. The quantitative estimate of drug-likeness (QED) is 0.582. The van der Waals surface area contributed by atoms with Crippen LogP contribution < -0.4 is 5.32 Å². The van der Waals surface area contributed by atoms with Crippen molar-refractivity contribution in [2.45, 2.75) is 13.5 Å². The van der Waals surface area contributed by atoms with E-state index in [1.165, 1.54) is 10.8 Å². The molecule has 0 bridgehead atoms. The maximum absolute atomic E-state index is 13.9. The van der Waals surface area contributed by atoms with Gasteiger partial charge < -0.3 is 5.32 Å². The molecule has 1 aromatic heterocycles. The summed E-state index contributed by atoms with van der Waals surface area (Å²) in [7, 11) is 0. The predicted octanol–water partition coefficient (Wildman–Crippen LogP) is 4.93. The summed E-state index contributed by atoms with van der Waals surface area (Å²) in [5.74, 6) is -0.983. The fourth-order valence-corrected chi connectivity index (χ4v) is 2.94. The number of nitrogens with zero attached hydrogens (tertiary/aromatic N) is 2. The van der Waals surface area contributed by atoms with Gasteiger partial charge >= 0.3 is 0 Å². The van der Waals surface area contributed by atoms with Crippen molar-refractivity contribution in [2.24, 2.45) is 0 Å². The smallest absolute Gasteiger partial charge is 0.249 e. The molecule has 3 aromatic rings. The minimum absolute atomic E-state index is 0.000986. The molecule has 0 aliphatic carbocycles. The molecule has 27 heavy (non-hydrogen) atoms. The normalized spacial score (nSPS) is 11.1. The van der Waals surface area contributed by atoms with E-state index in [0.717, 1.165) is 33.8 Å². The number of nitrogens with one attached hydrogen (secondary N) is 1. The van der Waals surface area contributed by atoms with Crippen LogP contribution in [0.1, 0.15) is 16.7 Å². The van der Waals surface area contributed by atoms with E-state index >= 15 is 0 Å². The van der Waals surface area contributed by atoms with Crippen LogP contribution in [0.2, 0.25) is 0 Å². The van der Waals surface area contributed by atoms with E-state index in [1.54, 1.807) is 19.2 Å². The van der Waals surface area contributed by atoms with Crippen LogP contribution in [0.4, 0.5) is 14.6 Å². The van der Waals surface area contributed by atoms with E-state index < -0.39 is 11.6 Å². The number of halogens is 3. The first kappa shape index (κ1) is 19.0. The van der Waals surface area contributed by atoms with Crippen molar-refractivity contribution in [3.05, 3.63) is 87.5 Å². The molecule has 138 valence electrons. The first-order chi connectivity index (χ1) is 12.9. The van der Waals surface area contributed by atoms with Gasteiger partial charge in [-0.15, -0.1) is 0 Å². The van der Waals surface area contributed by atoms with E-state index in [2.05, 4.69) is 26.3 Å². The van der Waals surface area contributed by atoms with Gasteiger partial charge in [0.25, 0.3) is 0 Å². The number of amides is 1. The molecule has 3 rings (SSSR count). The van der Waals surface area contributed by atoms with Crippen molar-refractivity contribution in [1.82, 2.24) is 9.78 Å². The second-order valence-corrected chi connectivity index (χ2v) is 6.77. The third-order valence-corrected chi connectivity index (χ3v) is 4.63. The lowest BCUT2D eigenvalue weighted by atomic mass is 10.2. The highest BCUT2D eigenvalue weighted by molar-refractivity contribution is 9.10. The maximum Gasteiger partial charge on any atom is 0.249 e. The molecule has 0 fully saturated rings. The number of benzene rings is 2. The minimum atomic E-state index is -0.532. The number of aromatic nitrogens is 2. The van der Waals surface area contributed by atoms with Crippen molar-refractivity contribution in [1.29, 1.82) is 0 Å². The Morgan fingerprint density at radius 2 is 2.04 bits per heavy atom. The topological polar surface area (TPSA) is 46.9 Å². The summed E-state index contributed by atoms with van der Waals surface area (Å²) < 4.78 is 29.6. The van der Waals surface area contributed by atoms with Gasteiger partial charge in [0.1, 0.15) is 17.5 Å². The summed E-state index contributed by atoms with van der Waals surface area (Å²) in [6.45, 7) is 1.78. The maximum atomic E-state index is 13.9. The fraction of sp³-hybridized carbons (Fsp3) is 0.100. The van der Waals surface area contributed by atoms with Crippen molar-refractivity contribution < 1.29 is 13.6 Å². The van der Waals surface area contributed by atoms with Crippen LogP contribution in [0.5, 0.6) is 0 Å². The van der Waals surface area contributed by atoms with Crippen LogP contribution in [0, 0.1) is 18.6 Å². The number of carbonyl (C=O) groups excluding carboxylic acids is 1. The number of aryl methyl sites for hydroxylation is 1. The van der Waals surface area contributed by atoms with Crippen LogP contribution in [-0.4, -0.2) is 15.7 Å². The molecular weight excluding hydrogens is 416 g/mol. The van der Waals surface area contributed by atoms with E-state index in [0.29, 0.717) is 5.82 Å². The Bertz CT molecular complexity index is 1010. The summed E-state index contributed by atoms with van der Waals surface area (Å²) in [6, 6.07) is 10.7. The largest absolute Gasteiger partial charge is 0.307 e. The molecule has 0 unspecified atom stereocenters. The molecule has 0 aliphatic rings. The molecule has 0 spiro atoms. The summed E-state index contributed by atoms with van der Waals surface area (Å²) >= 11 is 3.42. The van der Waals surface area contributed by atoms with Gasteiger partial charge in [0, 0.05) is 21.7 Å². The molecule has 2 aromatic carbocycles. The van der Waals surface area contributed by atoms with Crippen molar-refractivity contribution in [3.8, 4) is 0 Å². The lowest BCUT2D eigenvalue weighted by Gasteiger charge is -2.10. The van der Waals surface area contributed by atoms with E-state index in [4.69, 9.17) is 0 Å². The second-order valence-electron chi connectivity index (χ2n) is 5.91. The van der Waals surface area contributed by atoms with Crippen LogP contribution >= 0.6 is 15.9 Å². The van der Waals surface area contributed by atoms with Gasteiger partial charge in [-0.3, -0.25) is 4.79 Å². The van der Waals surface area contributed by atoms with Crippen LogP contribution in [0.15, 0.2) is 59.2 Å². The van der Waals surface area contributed by atoms with Crippen LogP contribution in [-0.2, 0) is 11.3 Å². The lowest BCUT2D eigenvalue weighted by Crippen LogP contribution is -2.15. The molecule has 0 atom stereocenters. The van der Waals surface area contributed by atoms with Crippen molar-refractivity contribution >= 4 is 33.7 Å². The molecule has 0 radical (unpaired) electrons. The van der Waals surface area contributed by atoms with E-state index in [1.807, 2.05) is 24.3 Å². The predicted molar refractivity (Wildman–Crippen MR) is 104 cm³/mol. The zero-order valence-corrected chi connectivity index (χ0v) is 16.0. The van der Waals surface area contributed by atoms with Crippen LogP contribution in [0.3, 0.4) is 0 Å². The zero-order chi connectivity index (χ0) is 19.4. The standard InChI is InChI=1S/C20H16BrF2N3O/c1-13-11-24-26(12-15-10-16(22)7-8-18(15)23)20(13)25-19(27)9-6-14-4-2-3-5-17(14)21/h2-11H,12H2,1H3,(H,25,27)/b9-6+. The molecule has 0 aliphatic heterocycles. The van der Waals surface area contributed by atoms with Gasteiger partial charge in [0.2, 0.25) is 5.91 Å². The lowest BCUT2D eigenvalue weighted by molar-refractivity contribution is -0.111. The minimum Gasteiger partial charge on any atom is -0.307 e. The third-order valence-electron chi connectivity index (χ3n) is 3.91. The highest BCUT2D eigenvalue weighted by atomic mass is 79.9. The molecular formula is C20H16BrF2N3O. The summed E-state index contributed by atoms with van der Waals surface area (Å²) in [5.41, 5.74) is 1.73. The van der Waals surface area contributed by atoms with Gasteiger partial charge in [-0.25, -0.2) is 13.5 Å². The van der Waals surface area contributed by atoms with Gasteiger partial charge in [0.15, 0.2) is 0 Å². The van der Waals surface area contributed by atoms with Gasteiger partial charge in [-0.1, -0.05) is 34.1 Å². The Kier molecular flexibility index (Phi) is 5.81. The highest BCUT2D eigenvalue weighted by Gasteiger charge is 2.12. The summed E-state index contributed by atoms with van der Waals surface area (Å²) in [5, 5.41) is 6.89. The average molecular weight is 432 g/mol. The second kappa shape index (κ2) is 8.26. The van der Waals surface area contributed by atoms with Crippen LogP contribution in [0.25, 0.3) is 6.08 Å². The summed E-state index contributed by atoms with van der Waals surface area (Å²) in [4.78, 5) is 12.3.